The first-order valence-corrected chi connectivity index (χ1v) is 9.02. The molecular weight excluding hydrogens is 360 g/mol. The van der Waals surface area contributed by atoms with E-state index in [1.807, 2.05) is 42.5 Å². The van der Waals surface area contributed by atoms with E-state index < -0.39 is 0 Å². The molecule has 5 rings (SSSR count). The third kappa shape index (κ3) is 2.60. The maximum Gasteiger partial charge on any atom is 0.351 e. The third-order valence-corrected chi connectivity index (χ3v) is 4.96. The number of fused-ring (bicyclic) bond motifs is 2. The molecule has 9 nitrogen and oxygen atoms in total. The largest absolute Gasteiger partial charge is 0.378 e. The van der Waals surface area contributed by atoms with E-state index in [4.69, 9.17) is 4.74 Å². The fraction of sp³-hybridized carbons (Fsp3) is 0.211. The highest BCUT2D eigenvalue weighted by molar-refractivity contribution is 6.07. The van der Waals surface area contributed by atoms with Crippen molar-refractivity contribution in [1.82, 2.24) is 20.0 Å². The number of nitrogens with one attached hydrogen (secondary N) is 2. The molecule has 9 heteroatoms. The van der Waals surface area contributed by atoms with Gasteiger partial charge >= 0.3 is 6.03 Å². The highest BCUT2D eigenvalue weighted by atomic mass is 16.5. The summed E-state index contributed by atoms with van der Waals surface area (Å²) >= 11 is 0. The molecule has 0 unspecified atom stereocenters. The highest BCUT2D eigenvalue weighted by Gasteiger charge is 2.32. The number of nitrogens with zero attached hydrogens (tertiary/aromatic N) is 4. The molecule has 0 aliphatic carbocycles. The number of carbonyl (C=O) groups is 2. The van der Waals surface area contributed by atoms with Crippen LogP contribution in [0.1, 0.15) is 10.5 Å². The zero-order valence-corrected chi connectivity index (χ0v) is 15.0. The van der Waals surface area contributed by atoms with Crippen LogP contribution in [-0.2, 0) is 4.74 Å². The lowest BCUT2D eigenvalue weighted by molar-refractivity contribution is 0.0300. The van der Waals surface area contributed by atoms with Gasteiger partial charge in [-0.3, -0.25) is 10.2 Å². The van der Waals surface area contributed by atoms with Crippen molar-refractivity contribution in [2.45, 2.75) is 0 Å². The van der Waals surface area contributed by atoms with E-state index in [0.29, 0.717) is 37.8 Å². The number of morpholine rings is 1. The second kappa shape index (κ2) is 6.63. The average Bonchev–Trinajstić information content (AvgIpc) is 3.19. The van der Waals surface area contributed by atoms with Gasteiger partial charge in [0.15, 0.2) is 11.5 Å². The van der Waals surface area contributed by atoms with Crippen LogP contribution in [0.5, 0.6) is 0 Å². The van der Waals surface area contributed by atoms with E-state index in [1.54, 1.807) is 4.90 Å². The van der Waals surface area contributed by atoms with E-state index in [2.05, 4.69) is 15.9 Å². The second-order valence-electron chi connectivity index (χ2n) is 6.57. The van der Waals surface area contributed by atoms with Gasteiger partial charge in [0.2, 0.25) is 0 Å². The van der Waals surface area contributed by atoms with Crippen molar-refractivity contribution in [3.8, 4) is 0 Å². The van der Waals surface area contributed by atoms with E-state index >= 15 is 0 Å². The Bertz CT molecular complexity index is 1070. The van der Waals surface area contributed by atoms with Crippen molar-refractivity contribution in [1.29, 1.82) is 0 Å². The van der Waals surface area contributed by atoms with Crippen molar-refractivity contribution < 1.29 is 14.3 Å². The maximum absolute atomic E-state index is 13.1. The predicted molar refractivity (Wildman–Crippen MR) is 103 cm³/mol. The number of hydrogen-bond acceptors (Lipinski definition) is 6. The number of aromatic nitrogens is 2. The number of anilines is 2. The fourth-order valence-electron chi connectivity index (χ4n) is 3.52. The Morgan fingerprint density at radius 2 is 1.86 bits per heavy atom. The molecule has 28 heavy (non-hydrogen) atoms. The molecule has 2 aliphatic rings. The molecule has 1 aromatic heterocycles. The Morgan fingerprint density at radius 3 is 2.71 bits per heavy atom. The molecular formula is C19H18N6O3. The topological polar surface area (TPSA) is 91.7 Å². The first-order valence-electron chi connectivity index (χ1n) is 9.02. The summed E-state index contributed by atoms with van der Waals surface area (Å²) in [5.41, 5.74) is 6.76. The molecule has 0 atom stereocenters. The van der Waals surface area contributed by atoms with Gasteiger partial charge < -0.3 is 9.64 Å². The molecule has 2 amide bonds. The molecule has 2 aromatic carbocycles. The van der Waals surface area contributed by atoms with E-state index in [-0.39, 0.29) is 17.6 Å². The smallest absolute Gasteiger partial charge is 0.351 e. The molecule has 0 bridgehead atoms. The molecule has 3 heterocycles. The summed E-state index contributed by atoms with van der Waals surface area (Å²) in [6.45, 7) is 2.02. The number of benzene rings is 2. The van der Waals surface area contributed by atoms with Gasteiger partial charge in [-0.15, -0.1) is 5.53 Å². The lowest BCUT2D eigenvalue weighted by Crippen LogP contribution is -2.53. The van der Waals surface area contributed by atoms with Gasteiger partial charge in [-0.25, -0.2) is 19.4 Å². The summed E-state index contributed by atoms with van der Waals surface area (Å²) in [5.74, 6) is 0.107. The van der Waals surface area contributed by atoms with Crippen LogP contribution in [0.25, 0.3) is 10.8 Å². The highest BCUT2D eigenvalue weighted by Crippen LogP contribution is 2.29. The molecule has 2 N–H and O–H groups in total. The quantitative estimate of drug-likeness (QED) is 0.707. The van der Waals surface area contributed by atoms with Crippen molar-refractivity contribution in [2.24, 2.45) is 0 Å². The minimum Gasteiger partial charge on any atom is -0.378 e. The number of amides is 2. The lowest BCUT2D eigenvalue weighted by atomic mass is 10.1. The Labute approximate surface area is 160 Å². The van der Waals surface area contributed by atoms with Crippen molar-refractivity contribution in [2.75, 3.05) is 36.7 Å². The third-order valence-electron chi connectivity index (χ3n) is 4.96. The number of ether oxygens (including phenoxy) is 1. The van der Waals surface area contributed by atoms with E-state index in [9.17, 15) is 9.59 Å². The molecule has 0 spiro atoms. The normalized spacial score (nSPS) is 16.8. The average molecular weight is 378 g/mol. The van der Waals surface area contributed by atoms with Gasteiger partial charge in [-0.05, 0) is 11.5 Å². The standard InChI is InChI=1S/C19H18N6O3/c26-18(23-8-10-28-11-9-23)16-17-21-22-25(19(27)24(17)12-20-16)15-7-3-5-13-4-1-2-6-14(13)15/h1-7,12,21-22H,8-11H2. The Balaban J connectivity index is 1.48. The van der Waals surface area contributed by atoms with Gasteiger partial charge in [0.1, 0.15) is 6.33 Å². The van der Waals surface area contributed by atoms with Crippen molar-refractivity contribution in [3.63, 3.8) is 0 Å². The molecule has 3 aromatic rings. The van der Waals surface area contributed by atoms with Crippen LogP contribution in [-0.4, -0.2) is 52.7 Å². The van der Waals surface area contributed by atoms with Gasteiger partial charge in [0, 0.05) is 18.5 Å². The Kier molecular flexibility index (Phi) is 3.96. The van der Waals surface area contributed by atoms with Crippen molar-refractivity contribution >= 4 is 34.2 Å². The predicted octanol–water partition coefficient (Wildman–Crippen LogP) is 1.83. The molecule has 1 saturated heterocycles. The van der Waals surface area contributed by atoms with Crippen LogP contribution in [0.15, 0.2) is 48.8 Å². The minimum atomic E-state index is -0.348. The number of hydrogen-bond donors (Lipinski definition) is 2. The summed E-state index contributed by atoms with van der Waals surface area (Å²) in [6.07, 6.45) is 1.37. The monoisotopic (exact) mass is 378 g/mol. The van der Waals surface area contributed by atoms with E-state index in [0.717, 1.165) is 10.8 Å². The summed E-state index contributed by atoms with van der Waals surface area (Å²) in [4.78, 5) is 31.7. The number of hydrazine groups is 2. The molecule has 1 fully saturated rings. The van der Waals surface area contributed by atoms with Gasteiger partial charge in [0.05, 0.1) is 18.9 Å². The summed E-state index contributed by atoms with van der Waals surface area (Å²) in [6, 6.07) is 13.2. The first kappa shape index (κ1) is 16.7. The van der Waals surface area contributed by atoms with Gasteiger partial charge in [-0.1, -0.05) is 36.4 Å². The van der Waals surface area contributed by atoms with Gasteiger partial charge in [-0.2, -0.15) is 0 Å². The number of imidazole rings is 1. The van der Waals surface area contributed by atoms with Crippen LogP contribution in [0.4, 0.5) is 16.3 Å². The van der Waals surface area contributed by atoms with Crippen LogP contribution < -0.4 is 16.0 Å². The second-order valence-corrected chi connectivity index (χ2v) is 6.57. The van der Waals surface area contributed by atoms with Crippen molar-refractivity contribution in [3.05, 3.63) is 54.5 Å². The molecule has 0 radical (unpaired) electrons. The maximum atomic E-state index is 13.1. The van der Waals surface area contributed by atoms with Gasteiger partial charge in [0.25, 0.3) is 5.91 Å². The van der Waals surface area contributed by atoms with E-state index in [1.165, 1.54) is 15.9 Å². The SMILES string of the molecule is O=C(c1ncn2c1NNN(c1cccc3ccccc13)C2=O)N1CCOCC1. The fourth-order valence-corrected chi connectivity index (χ4v) is 3.52. The van der Waals surface area contributed by atoms with Crippen LogP contribution >= 0.6 is 0 Å². The Hall–Kier alpha value is -3.43. The summed E-state index contributed by atoms with van der Waals surface area (Å²) < 4.78 is 6.63. The summed E-state index contributed by atoms with van der Waals surface area (Å²) in [7, 11) is 0. The lowest BCUT2D eigenvalue weighted by Gasteiger charge is -2.31. The van der Waals surface area contributed by atoms with Crippen LogP contribution in [0.2, 0.25) is 0 Å². The Morgan fingerprint density at radius 1 is 1.07 bits per heavy atom. The van der Waals surface area contributed by atoms with Crippen LogP contribution in [0, 0.1) is 0 Å². The zero-order chi connectivity index (χ0) is 19.1. The van der Waals surface area contributed by atoms with Crippen LogP contribution in [0.3, 0.4) is 0 Å². The zero-order valence-electron chi connectivity index (χ0n) is 15.0. The first-order chi connectivity index (χ1) is 13.7. The molecule has 142 valence electrons. The minimum absolute atomic E-state index is 0.209. The molecule has 2 aliphatic heterocycles. The number of carbonyl (C=O) groups excluding carboxylic acids is 2. The summed E-state index contributed by atoms with van der Waals surface area (Å²) in [5, 5.41) is 3.36. The molecule has 0 saturated carbocycles. The number of rotatable bonds is 2.